The number of nitrogens with one attached hydrogen (secondary N) is 1. The summed E-state index contributed by atoms with van der Waals surface area (Å²) >= 11 is 1.13. The minimum atomic E-state index is -3.71. The van der Waals surface area contributed by atoms with Gasteiger partial charge in [0.25, 0.3) is 10.0 Å². The molecule has 1 aromatic rings. The van der Waals surface area contributed by atoms with Gasteiger partial charge < -0.3 is 9.84 Å². The standard InChI is InChI=1S/C13H23NO4S2Si/c1-12(2,3)21(4,5)11-13(15,9-18-11)14-20(16,17)10-7-6-8-19-10/h6-8,11,14-15H,9H2,1-5H3. The summed E-state index contributed by atoms with van der Waals surface area (Å²) in [4.78, 5) is 0. The highest BCUT2D eigenvalue weighted by atomic mass is 32.2. The van der Waals surface area contributed by atoms with Crippen LogP contribution in [0, 0.1) is 0 Å². The monoisotopic (exact) mass is 349 g/mol. The van der Waals surface area contributed by atoms with Crippen molar-refractivity contribution in [2.24, 2.45) is 0 Å². The van der Waals surface area contributed by atoms with Gasteiger partial charge in [0.1, 0.15) is 4.21 Å². The van der Waals surface area contributed by atoms with Crippen LogP contribution in [0.25, 0.3) is 0 Å². The molecule has 1 aliphatic heterocycles. The van der Waals surface area contributed by atoms with Gasteiger partial charge in [0.15, 0.2) is 5.72 Å². The average Bonchev–Trinajstić information content (AvgIpc) is 2.78. The van der Waals surface area contributed by atoms with Gasteiger partial charge in [-0.15, -0.1) is 11.3 Å². The molecule has 2 atom stereocenters. The zero-order chi connectivity index (χ0) is 16.1. The molecule has 1 aromatic heterocycles. The summed E-state index contributed by atoms with van der Waals surface area (Å²) in [5.41, 5.74) is -1.97. The highest BCUT2D eigenvalue weighted by Crippen LogP contribution is 2.45. The van der Waals surface area contributed by atoms with Crippen molar-refractivity contribution in [3.05, 3.63) is 17.5 Å². The molecule has 1 aliphatic rings. The summed E-state index contributed by atoms with van der Waals surface area (Å²) in [6.45, 7) is 10.5. The van der Waals surface area contributed by atoms with Crippen LogP contribution in [-0.2, 0) is 14.8 Å². The first-order chi connectivity index (χ1) is 9.40. The third-order valence-corrected chi connectivity index (χ3v) is 13.3. The lowest BCUT2D eigenvalue weighted by Crippen LogP contribution is -2.76. The molecule has 0 spiro atoms. The normalized spacial score (nSPS) is 27.4. The van der Waals surface area contributed by atoms with E-state index in [1.54, 1.807) is 11.4 Å². The van der Waals surface area contributed by atoms with E-state index >= 15 is 0 Å². The Bertz CT molecular complexity index is 607. The van der Waals surface area contributed by atoms with E-state index in [0.29, 0.717) is 0 Å². The lowest BCUT2D eigenvalue weighted by atomic mass is 10.2. The van der Waals surface area contributed by atoms with Gasteiger partial charge >= 0.3 is 0 Å². The second-order valence-corrected chi connectivity index (χ2v) is 15.4. The van der Waals surface area contributed by atoms with Crippen LogP contribution in [0.3, 0.4) is 0 Å². The molecule has 0 aliphatic carbocycles. The largest absolute Gasteiger partial charge is 0.373 e. The summed E-state index contributed by atoms with van der Waals surface area (Å²) in [6.07, 6.45) is 0. The summed E-state index contributed by atoms with van der Waals surface area (Å²) in [5, 5.41) is 12.4. The van der Waals surface area contributed by atoms with Gasteiger partial charge in [-0.2, -0.15) is 4.72 Å². The van der Waals surface area contributed by atoms with E-state index in [9.17, 15) is 13.5 Å². The molecule has 0 bridgehead atoms. The van der Waals surface area contributed by atoms with Gasteiger partial charge in [0.05, 0.1) is 20.4 Å². The number of hydrogen-bond acceptors (Lipinski definition) is 5. The third-order valence-electron chi connectivity index (χ3n) is 4.56. The second kappa shape index (κ2) is 5.14. The fourth-order valence-corrected chi connectivity index (χ4v) is 7.28. The highest BCUT2D eigenvalue weighted by Gasteiger charge is 2.60. The molecule has 8 heteroatoms. The number of rotatable bonds is 4. The number of ether oxygens (including phenoxy) is 1. The van der Waals surface area contributed by atoms with Crippen LogP contribution < -0.4 is 4.72 Å². The van der Waals surface area contributed by atoms with E-state index in [0.717, 1.165) is 11.3 Å². The van der Waals surface area contributed by atoms with Gasteiger partial charge in [-0.05, 0) is 16.5 Å². The van der Waals surface area contributed by atoms with E-state index in [2.05, 4.69) is 38.6 Å². The number of thiophene rings is 1. The summed E-state index contributed by atoms with van der Waals surface area (Å²) < 4.78 is 32.9. The van der Waals surface area contributed by atoms with Crippen molar-refractivity contribution in [1.29, 1.82) is 0 Å². The van der Waals surface area contributed by atoms with Crippen LogP contribution in [-0.4, -0.2) is 39.7 Å². The van der Waals surface area contributed by atoms with Crippen molar-refractivity contribution in [2.75, 3.05) is 6.61 Å². The molecule has 1 saturated heterocycles. The van der Waals surface area contributed by atoms with E-state index in [-0.39, 0.29) is 15.9 Å². The minimum Gasteiger partial charge on any atom is -0.373 e. The SMILES string of the molecule is CC(C)(C)[Si](C)(C)C1OCC1(O)NS(=O)(=O)c1cccs1. The summed E-state index contributed by atoms with van der Waals surface area (Å²) in [7, 11) is -5.75. The first-order valence-corrected chi connectivity index (χ1v) is 12.3. The molecule has 2 rings (SSSR count). The number of hydrogen-bond donors (Lipinski definition) is 2. The van der Waals surface area contributed by atoms with Gasteiger partial charge in [-0.3, -0.25) is 0 Å². The van der Waals surface area contributed by atoms with Crippen LogP contribution in [0.15, 0.2) is 21.7 Å². The maximum Gasteiger partial charge on any atom is 0.252 e. The van der Waals surface area contributed by atoms with Gasteiger partial charge in [-0.1, -0.05) is 39.9 Å². The lowest BCUT2D eigenvalue weighted by Gasteiger charge is -2.55. The van der Waals surface area contributed by atoms with Crippen LogP contribution in [0.5, 0.6) is 0 Å². The van der Waals surface area contributed by atoms with E-state index in [1.165, 1.54) is 6.07 Å². The van der Waals surface area contributed by atoms with Crippen LogP contribution in [0.1, 0.15) is 20.8 Å². The quantitative estimate of drug-likeness (QED) is 0.645. The molecule has 2 unspecified atom stereocenters. The number of sulfonamides is 1. The van der Waals surface area contributed by atoms with E-state index in [1.807, 2.05) is 0 Å². The molecule has 1 fully saturated rings. The smallest absolute Gasteiger partial charge is 0.252 e. The van der Waals surface area contributed by atoms with Crippen molar-refractivity contribution < 1.29 is 18.3 Å². The molecule has 2 heterocycles. The van der Waals surface area contributed by atoms with Crippen molar-refractivity contribution in [1.82, 2.24) is 4.72 Å². The molecule has 120 valence electrons. The molecule has 0 amide bonds. The summed E-state index contributed by atoms with van der Waals surface area (Å²) in [6, 6.07) is 3.20. The first kappa shape index (κ1) is 17.1. The Hall–Kier alpha value is -0.253. The lowest BCUT2D eigenvalue weighted by molar-refractivity contribution is -0.213. The molecule has 2 N–H and O–H groups in total. The fraction of sp³-hybridized carbons (Fsp3) is 0.692. The van der Waals surface area contributed by atoms with E-state index < -0.39 is 29.5 Å². The third kappa shape index (κ3) is 2.97. The van der Waals surface area contributed by atoms with Crippen molar-refractivity contribution in [3.63, 3.8) is 0 Å². The molecule has 21 heavy (non-hydrogen) atoms. The van der Waals surface area contributed by atoms with Crippen molar-refractivity contribution in [2.45, 2.75) is 54.6 Å². The molecule has 0 aromatic carbocycles. The predicted molar refractivity (Wildman–Crippen MR) is 86.5 cm³/mol. The Kier molecular flexibility index (Phi) is 4.19. The number of aliphatic hydroxyl groups is 1. The Labute approximate surface area is 131 Å². The predicted octanol–water partition coefficient (Wildman–Crippen LogP) is 2.16. The minimum absolute atomic E-state index is 0.00518. The second-order valence-electron chi connectivity index (χ2n) is 7.12. The summed E-state index contributed by atoms with van der Waals surface area (Å²) in [5.74, 6) is 0. The maximum atomic E-state index is 12.3. The Balaban J connectivity index is 2.25. The zero-order valence-electron chi connectivity index (χ0n) is 13.0. The molecule has 0 radical (unpaired) electrons. The van der Waals surface area contributed by atoms with Gasteiger partial charge in [0.2, 0.25) is 0 Å². The van der Waals surface area contributed by atoms with Crippen LogP contribution in [0.2, 0.25) is 18.1 Å². The molecule has 0 saturated carbocycles. The van der Waals surface area contributed by atoms with Gasteiger partial charge in [0, 0.05) is 0 Å². The Morgan fingerprint density at radius 1 is 1.48 bits per heavy atom. The van der Waals surface area contributed by atoms with Crippen LogP contribution in [0.4, 0.5) is 0 Å². The fourth-order valence-electron chi connectivity index (χ4n) is 2.31. The van der Waals surface area contributed by atoms with E-state index in [4.69, 9.17) is 4.74 Å². The molecular weight excluding hydrogens is 326 g/mol. The Morgan fingerprint density at radius 2 is 2.10 bits per heavy atom. The molecular formula is C13H23NO4S2Si. The Morgan fingerprint density at radius 3 is 2.48 bits per heavy atom. The van der Waals surface area contributed by atoms with Gasteiger partial charge in [-0.25, -0.2) is 8.42 Å². The zero-order valence-corrected chi connectivity index (χ0v) is 15.6. The van der Waals surface area contributed by atoms with Crippen molar-refractivity contribution in [3.8, 4) is 0 Å². The first-order valence-electron chi connectivity index (χ1n) is 6.82. The molecule has 5 nitrogen and oxygen atoms in total. The van der Waals surface area contributed by atoms with Crippen molar-refractivity contribution >= 4 is 29.4 Å². The topological polar surface area (TPSA) is 75.6 Å². The maximum absolute atomic E-state index is 12.3. The highest BCUT2D eigenvalue weighted by molar-refractivity contribution is 7.91. The van der Waals surface area contributed by atoms with Crippen LogP contribution >= 0.6 is 11.3 Å². The average molecular weight is 350 g/mol.